The number of tetrazole rings is 1. The highest BCUT2D eigenvalue weighted by Gasteiger charge is 2.09. The number of hydrogen-bond donors (Lipinski definition) is 1. The first-order valence-corrected chi connectivity index (χ1v) is 4.50. The maximum atomic E-state index is 11.8. The highest BCUT2D eigenvalue weighted by atomic mass is 32.2. The van der Waals surface area contributed by atoms with Crippen LogP contribution in [0.1, 0.15) is 0 Å². The standard InChI is InChI=1S/C5H8F2N4OS/c6-4(7)3-13-5-8-9-10-11(5)1-2-12/h4,12H,1-3H2. The van der Waals surface area contributed by atoms with Gasteiger partial charge in [0, 0.05) is 0 Å². The zero-order chi connectivity index (χ0) is 9.68. The summed E-state index contributed by atoms with van der Waals surface area (Å²) < 4.78 is 24.9. The quantitative estimate of drug-likeness (QED) is 0.694. The minimum absolute atomic E-state index is 0.118. The van der Waals surface area contributed by atoms with E-state index in [4.69, 9.17) is 5.11 Å². The Bertz CT molecular complexity index is 256. The van der Waals surface area contributed by atoms with Crippen LogP contribution in [0.5, 0.6) is 0 Å². The van der Waals surface area contributed by atoms with Crippen LogP contribution < -0.4 is 0 Å². The van der Waals surface area contributed by atoms with Crippen molar-refractivity contribution in [1.29, 1.82) is 0 Å². The van der Waals surface area contributed by atoms with Crippen LogP contribution in [-0.4, -0.2) is 44.1 Å². The Kier molecular flexibility index (Phi) is 4.03. The third kappa shape index (κ3) is 3.23. The average molecular weight is 210 g/mol. The minimum Gasteiger partial charge on any atom is -0.394 e. The molecule has 0 amide bonds. The number of aliphatic hydroxyl groups is 1. The van der Waals surface area contributed by atoms with Crippen molar-refractivity contribution >= 4 is 11.8 Å². The topological polar surface area (TPSA) is 63.8 Å². The molecule has 5 nitrogen and oxygen atoms in total. The molecule has 13 heavy (non-hydrogen) atoms. The smallest absolute Gasteiger partial charge is 0.248 e. The van der Waals surface area contributed by atoms with E-state index in [1.807, 2.05) is 0 Å². The molecule has 1 aromatic rings. The van der Waals surface area contributed by atoms with Crippen LogP contribution in [0.4, 0.5) is 8.78 Å². The molecule has 1 rings (SSSR count). The fraction of sp³-hybridized carbons (Fsp3) is 0.800. The molecule has 1 heterocycles. The maximum Gasteiger partial charge on any atom is 0.248 e. The summed E-state index contributed by atoms with van der Waals surface area (Å²) in [6, 6.07) is 0. The first kappa shape index (κ1) is 10.3. The summed E-state index contributed by atoms with van der Waals surface area (Å²) in [6.45, 7) is 0.103. The summed E-state index contributed by atoms with van der Waals surface area (Å²) >= 11 is 0.867. The fourth-order valence-corrected chi connectivity index (χ4v) is 1.32. The van der Waals surface area contributed by atoms with Crippen LogP contribution in [0.15, 0.2) is 5.16 Å². The first-order valence-electron chi connectivity index (χ1n) is 3.52. The van der Waals surface area contributed by atoms with E-state index in [1.165, 1.54) is 4.68 Å². The highest BCUT2D eigenvalue weighted by Crippen LogP contribution is 2.15. The highest BCUT2D eigenvalue weighted by molar-refractivity contribution is 7.99. The second kappa shape index (κ2) is 5.07. The molecule has 74 valence electrons. The normalized spacial score (nSPS) is 11.1. The molecule has 0 bridgehead atoms. The van der Waals surface area contributed by atoms with Gasteiger partial charge in [0.15, 0.2) is 0 Å². The molecule has 1 N–H and O–H groups in total. The second-order valence-electron chi connectivity index (χ2n) is 2.11. The van der Waals surface area contributed by atoms with Gasteiger partial charge in [-0.05, 0) is 10.4 Å². The number of rotatable bonds is 5. The molecule has 0 fully saturated rings. The van der Waals surface area contributed by atoms with Crippen LogP contribution in [0, 0.1) is 0 Å². The molecule has 0 aliphatic heterocycles. The van der Waals surface area contributed by atoms with Crippen molar-refractivity contribution in [3.63, 3.8) is 0 Å². The Morgan fingerprint density at radius 1 is 1.54 bits per heavy atom. The van der Waals surface area contributed by atoms with Crippen LogP contribution in [-0.2, 0) is 6.54 Å². The monoisotopic (exact) mass is 210 g/mol. The van der Waals surface area contributed by atoms with E-state index in [0.29, 0.717) is 5.16 Å². The van der Waals surface area contributed by atoms with E-state index < -0.39 is 6.43 Å². The maximum absolute atomic E-state index is 11.8. The van der Waals surface area contributed by atoms with Gasteiger partial charge in [-0.15, -0.1) is 5.10 Å². The summed E-state index contributed by atoms with van der Waals surface area (Å²) in [5.74, 6) is -0.341. The van der Waals surface area contributed by atoms with Crippen molar-refractivity contribution in [2.24, 2.45) is 0 Å². The number of aromatic nitrogens is 4. The summed E-state index contributed by atoms with van der Waals surface area (Å²) in [5, 5.41) is 19.2. The van der Waals surface area contributed by atoms with Crippen molar-refractivity contribution in [2.75, 3.05) is 12.4 Å². The van der Waals surface area contributed by atoms with Crippen molar-refractivity contribution in [3.8, 4) is 0 Å². The molecule has 0 aliphatic carbocycles. The SMILES string of the molecule is OCCn1nnnc1SCC(F)F. The number of alkyl halides is 2. The molecule has 0 atom stereocenters. The van der Waals surface area contributed by atoms with Crippen molar-refractivity contribution in [3.05, 3.63) is 0 Å². The Morgan fingerprint density at radius 2 is 2.31 bits per heavy atom. The van der Waals surface area contributed by atoms with E-state index in [9.17, 15) is 8.78 Å². The predicted octanol–water partition coefficient (Wildman–Crippen LogP) is 0.0226. The number of halogens is 2. The summed E-state index contributed by atoms with van der Waals surface area (Å²) in [7, 11) is 0. The number of thioether (sulfide) groups is 1. The summed E-state index contributed by atoms with van der Waals surface area (Å²) in [6.07, 6.45) is -2.38. The van der Waals surface area contributed by atoms with Gasteiger partial charge in [0.05, 0.1) is 18.9 Å². The minimum atomic E-state index is -2.38. The van der Waals surface area contributed by atoms with Crippen molar-refractivity contribution in [2.45, 2.75) is 18.1 Å². The molecule has 0 unspecified atom stereocenters. The lowest BCUT2D eigenvalue weighted by atomic mass is 10.7. The molecule has 1 aromatic heterocycles. The Hall–Kier alpha value is -0.760. The largest absolute Gasteiger partial charge is 0.394 e. The molecule has 0 spiro atoms. The zero-order valence-electron chi connectivity index (χ0n) is 6.60. The average Bonchev–Trinajstić information content (AvgIpc) is 2.49. The molecule has 0 aromatic carbocycles. The second-order valence-corrected chi connectivity index (χ2v) is 3.10. The van der Waals surface area contributed by atoms with Crippen molar-refractivity contribution < 1.29 is 13.9 Å². The third-order valence-electron chi connectivity index (χ3n) is 1.15. The fourth-order valence-electron chi connectivity index (χ4n) is 0.672. The van der Waals surface area contributed by atoms with Crippen molar-refractivity contribution in [1.82, 2.24) is 20.2 Å². The van der Waals surface area contributed by atoms with Gasteiger partial charge < -0.3 is 5.11 Å². The number of hydrogen-bond acceptors (Lipinski definition) is 5. The van der Waals surface area contributed by atoms with Crippen LogP contribution in [0.2, 0.25) is 0 Å². The molecular weight excluding hydrogens is 202 g/mol. The van der Waals surface area contributed by atoms with Gasteiger partial charge in [-0.1, -0.05) is 11.8 Å². The van der Waals surface area contributed by atoms with E-state index in [-0.39, 0.29) is 18.9 Å². The van der Waals surface area contributed by atoms with E-state index in [1.54, 1.807) is 0 Å². The summed E-state index contributed by atoms with van der Waals surface area (Å²) in [5.41, 5.74) is 0. The molecule has 0 saturated heterocycles. The number of nitrogens with zero attached hydrogens (tertiary/aromatic N) is 4. The van der Waals surface area contributed by atoms with Gasteiger partial charge in [0.1, 0.15) is 0 Å². The van der Waals surface area contributed by atoms with Gasteiger partial charge in [-0.25, -0.2) is 13.5 Å². The molecule has 8 heteroatoms. The molecular formula is C5H8F2N4OS. The van der Waals surface area contributed by atoms with Crippen LogP contribution in [0.3, 0.4) is 0 Å². The van der Waals surface area contributed by atoms with Gasteiger partial charge >= 0.3 is 0 Å². The van der Waals surface area contributed by atoms with E-state index in [2.05, 4.69) is 15.5 Å². The zero-order valence-corrected chi connectivity index (χ0v) is 7.42. The lowest BCUT2D eigenvalue weighted by molar-refractivity contribution is 0.176. The Morgan fingerprint density at radius 3 is 2.92 bits per heavy atom. The Balaban J connectivity index is 2.49. The van der Waals surface area contributed by atoms with Gasteiger partial charge in [-0.2, -0.15) is 0 Å². The summed E-state index contributed by atoms with van der Waals surface area (Å²) in [4.78, 5) is 0. The third-order valence-corrected chi connectivity index (χ3v) is 2.12. The molecule has 0 saturated carbocycles. The molecule has 0 radical (unpaired) electrons. The van der Waals surface area contributed by atoms with Gasteiger partial charge in [0.25, 0.3) is 0 Å². The lowest BCUT2D eigenvalue weighted by Crippen LogP contribution is -2.06. The molecule has 0 aliphatic rings. The Labute approximate surface area is 77.1 Å². The van der Waals surface area contributed by atoms with Crippen LogP contribution >= 0.6 is 11.8 Å². The van der Waals surface area contributed by atoms with Crippen LogP contribution in [0.25, 0.3) is 0 Å². The lowest BCUT2D eigenvalue weighted by Gasteiger charge is -2.00. The predicted molar refractivity (Wildman–Crippen MR) is 41.6 cm³/mol. The van der Waals surface area contributed by atoms with E-state index >= 15 is 0 Å². The van der Waals surface area contributed by atoms with E-state index in [0.717, 1.165) is 11.8 Å². The van der Waals surface area contributed by atoms with Gasteiger partial charge in [-0.3, -0.25) is 0 Å². The number of aliphatic hydroxyl groups excluding tert-OH is 1. The van der Waals surface area contributed by atoms with Gasteiger partial charge in [0.2, 0.25) is 11.6 Å². The first-order chi connectivity index (χ1) is 6.24.